The third-order valence-electron chi connectivity index (χ3n) is 3.46. The van der Waals surface area contributed by atoms with Crippen LogP contribution in [-0.2, 0) is 0 Å². The van der Waals surface area contributed by atoms with Crippen molar-refractivity contribution in [2.75, 3.05) is 17.3 Å². The molecule has 1 N–H and O–H groups in total. The fourth-order valence-electron chi connectivity index (χ4n) is 2.14. The highest BCUT2D eigenvalue weighted by molar-refractivity contribution is 6.01. The number of anilines is 2. The number of carbonyl (C=O) groups is 1. The number of pyridine rings is 1. The molecule has 1 aromatic carbocycles. The van der Waals surface area contributed by atoms with E-state index in [0.717, 1.165) is 0 Å². The lowest BCUT2D eigenvalue weighted by Crippen LogP contribution is -2.32. The second-order valence-electron chi connectivity index (χ2n) is 5.07. The number of aromatic nitrogens is 1. The molecule has 0 saturated heterocycles. The van der Waals surface area contributed by atoms with Crippen molar-refractivity contribution >= 4 is 17.4 Å². The summed E-state index contributed by atoms with van der Waals surface area (Å²) in [6, 6.07) is 15.4. The summed E-state index contributed by atoms with van der Waals surface area (Å²) in [7, 11) is 1.62. The van der Waals surface area contributed by atoms with E-state index in [0.29, 0.717) is 17.0 Å². The van der Waals surface area contributed by atoms with Gasteiger partial charge in [-0.2, -0.15) is 0 Å². The average Bonchev–Trinajstić information content (AvgIpc) is 2.64. The summed E-state index contributed by atoms with van der Waals surface area (Å²) in [5.74, 6) is 0.391. The zero-order chi connectivity index (χ0) is 16.9. The Morgan fingerprint density at radius 1 is 1.08 bits per heavy atom. The monoisotopic (exact) mass is 321 g/mol. The normalized spacial score (nSPS) is 10.2. The Bertz CT molecular complexity index is 892. The minimum atomic E-state index is -0.619. The van der Waals surface area contributed by atoms with Crippen LogP contribution in [-0.4, -0.2) is 18.1 Å². The van der Waals surface area contributed by atoms with E-state index in [1.165, 1.54) is 11.0 Å². The van der Waals surface area contributed by atoms with Crippen LogP contribution in [0.3, 0.4) is 0 Å². The molecule has 6 heteroatoms. The van der Waals surface area contributed by atoms with Crippen LogP contribution in [0.2, 0.25) is 0 Å². The molecule has 2 heterocycles. The van der Waals surface area contributed by atoms with E-state index in [1.807, 2.05) is 18.2 Å². The Kier molecular flexibility index (Phi) is 4.38. The Labute approximate surface area is 138 Å². The van der Waals surface area contributed by atoms with Crippen molar-refractivity contribution in [2.45, 2.75) is 0 Å². The van der Waals surface area contributed by atoms with Gasteiger partial charge < -0.3 is 9.73 Å². The van der Waals surface area contributed by atoms with Crippen LogP contribution >= 0.6 is 0 Å². The zero-order valence-corrected chi connectivity index (χ0v) is 13.0. The lowest BCUT2D eigenvalue weighted by molar-refractivity contribution is 0.258. The van der Waals surface area contributed by atoms with Crippen LogP contribution in [0.4, 0.5) is 16.2 Å². The molecule has 0 atom stereocenters. The molecule has 0 bridgehead atoms. The van der Waals surface area contributed by atoms with E-state index in [2.05, 4.69) is 10.3 Å². The molecule has 0 aliphatic heterocycles. The molecule has 0 aliphatic rings. The van der Waals surface area contributed by atoms with E-state index >= 15 is 0 Å². The fraction of sp³-hybridized carbons (Fsp3) is 0.0556. The van der Waals surface area contributed by atoms with Gasteiger partial charge in [0.05, 0.1) is 0 Å². The highest BCUT2D eigenvalue weighted by atomic mass is 16.4. The lowest BCUT2D eigenvalue weighted by Gasteiger charge is -2.17. The van der Waals surface area contributed by atoms with E-state index in [1.54, 1.807) is 49.8 Å². The van der Waals surface area contributed by atoms with Gasteiger partial charge in [0.15, 0.2) is 0 Å². The van der Waals surface area contributed by atoms with E-state index in [-0.39, 0.29) is 5.69 Å². The summed E-state index contributed by atoms with van der Waals surface area (Å²) in [5, 5.41) is 2.55. The number of hydrogen-bond acceptors (Lipinski definition) is 4. The van der Waals surface area contributed by atoms with E-state index < -0.39 is 11.7 Å². The zero-order valence-electron chi connectivity index (χ0n) is 13.0. The number of amides is 2. The number of urea groups is 1. The molecule has 0 spiro atoms. The van der Waals surface area contributed by atoms with Gasteiger partial charge in [-0.25, -0.2) is 9.59 Å². The van der Waals surface area contributed by atoms with Crippen LogP contribution in [0.1, 0.15) is 0 Å². The summed E-state index contributed by atoms with van der Waals surface area (Å²) >= 11 is 0. The number of para-hydroxylation sites is 1. The first-order valence-electron chi connectivity index (χ1n) is 7.29. The van der Waals surface area contributed by atoms with Crippen LogP contribution in [0.25, 0.3) is 11.3 Å². The first-order valence-corrected chi connectivity index (χ1v) is 7.29. The van der Waals surface area contributed by atoms with Crippen molar-refractivity contribution < 1.29 is 9.21 Å². The minimum absolute atomic E-state index is 0.0791. The molecule has 6 nitrogen and oxygen atoms in total. The van der Waals surface area contributed by atoms with Crippen molar-refractivity contribution in [3.8, 4) is 11.3 Å². The molecule has 2 amide bonds. The second-order valence-corrected chi connectivity index (χ2v) is 5.07. The molecule has 0 radical (unpaired) electrons. The SMILES string of the molecule is CN(C(=O)Nc1ccc(-c2cccnc2)oc1=O)c1ccccc1. The number of carbonyl (C=O) groups excluding carboxylic acids is 1. The molecule has 3 aromatic rings. The lowest BCUT2D eigenvalue weighted by atomic mass is 10.2. The molecule has 0 unspecified atom stereocenters. The van der Waals surface area contributed by atoms with Crippen molar-refractivity contribution in [2.24, 2.45) is 0 Å². The number of hydrogen-bond donors (Lipinski definition) is 1. The highest BCUT2D eigenvalue weighted by Crippen LogP contribution is 2.18. The summed E-state index contributed by atoms with van der Waals surface area (Å²) in [5.41, 5.74) is 0.863. The molecule has 0 fully saturated rings. The Balaban J connectivity index is 1.79. The third kappa shape index (κ3) is 3.33. The molecule has 24 heavy (non-hydrogen) atoms. The predicted octanol–water partition coefficient (Wildman–Crippen LogP) is 3.37. The average molecular weight is 321 g/mol. The van der Waals surface area contributed by atoms with Crippen molar-refractivity contribution in [1.82, 2.24) is 4.98 Å². The molecule has 0 saturated carbocycles. The van der Waals surface area contributed by atoms with Crippen LogP contribution < -0.4 is 15.8 Å². The molecule has 2 aromatic heterocycles. The van der Waals surface area contributed by atoms with Gasteiger partial charge in [-0.05, 0) is 36.4 Å². The minimum Gasteiger partial charge on any atom is -0.421 e. The molecular weight excluding hydrogens is 306 g/mol. The van der Waals surface area contributed by atoms with Crippen LogP contribution in [0, 0.1) is 0 Å². The first-order chi connectivity index (χ1) is 11.6. The van der Waals surface area contributed by atoms with Gasteiger partial charge >= 0.3 is 11.7 Å². The largest absolute Gasteiger partial charge is 0.421 e. The summed E-state index contributed by atoms with van der Waals surface area (Å²) in [6.45, 7) is 0. The Morgan fingerprint density at radius 2 is 1.88 bits per heavy atom. The van der Waals surface area contributed by atoms with Gasteiger partial charge in [0.1, 0.15) is 11.4 Å². The Morgan fingerprint density at radius 3 is 2.54 bits per heavy atom. The van der Waals surface area contributed by atoms with Crippen molar-refractivity contribution in [3.05, 3.63) is 77.4 Å². The fourth-order valence-corrected chi connectivity index (χ4v) is 2.14. The van der Waals surface area contributed by atoms with Gasteiger partial charge in [0, 0.05) is 30.7 Å². The molecule has 120 valence electrons. The van der Waals surface area contributed by atoms with Gasteiger partial charge in [0.25, 0.3) is 0 Å². The van der Waals surface area contributed by atoms with Gasteiger partial charge in [-0.1, -0.05) is 18.2 Å². The van der Waals surface area contributed by atoms with Crippen molar-refractivity contribution in [3.63, 3.8) is 0 Å². The van der Waals surface area contributed by atoms with Gasteiger partial charge in [0.2, 0.25) is 0 Å². The maximum Gasteiger partial charge on any atom is 0.360 e. The predicted molar refractivity (Wildman–Crippen MR) is 92.1 cm³/mol. The Hall–Kier alpha value is -3.41. The third-order valence-corrected chi connectivity index (χ3v) is 3.46. The number of nitrogens with one attached hydrogen (secondary N) is 1. The number of benzene rings is 1. The maximum absolute atomic E-state index is 12.2. The number of nitrogens with zero attached hydrogens (tertiary/aromatic N) is 2. The summed E-state index contributed by atoms with van der Waals surface area (Å²) in [6.07, 6.45) is 3.23. The van der Waals surface area contributed by atoms with E-state index in [9.17, 15) is 9.59 Å². The standard InChI is InChI=1S/C18H15N3O3/c1-21(14-7-3-2-4-8-14)18(23)20-15-9-10-16(24-17(15)22)13-6-5-11-19-12-13/h2-12H,1H3,(H,20,23). The molecule has 0 aliphatic carbocycles. The highest BCUT2D eigenvalue weighted by Gasteiger charge is 2.13. The first kappa shape index (κ1) is 15.5. The van der Waals surface area contributed by atoms with Crippen LogP contribution in [0.5, 0.6) is 0 Å². The topological polar surface area (TPSA) is 75.4 Å². The summed E-state index contributed by atoms with van der Waals surface area (Å²) < 4.78 is 5.25. The van der Waals surface area contributed by atoms with E-state index in [4.69, 9.17) is 4.42 Å². The van der Waals surface area contributed by atoms with Gasteiger partial charge in [-0.15, -0.1) is 0 Å². The quantitative estimate of drug-likeness (QED) is 0.802. The smallest absolute Gasteiger partial charge is 0.360 e. The van der Waals surface area contributed by atoms with Crippen LogP contribution in [0.15, 0.2) is 76.2 Å². The second kappa shape index (κ2) is 6.78. The maximum atomic E-state index is 12.2. The summed E-state index contributed by atoms with van der Waals surface area (Å²) in [4.78, 5) is 29.7. The molecular formula is C18H15N3O3. The molecule has 3 rings (SSSR count). The van der Waals surface area contributed by atoms with Crippen molar-refractivity contribution in [1.29, 1.82) is 0 Å². The van der Waals surface area contributed by atoms with Gasteiger partial charge in [-0.3, -0.25) is 9.88 Å². The number of rotatable bonds is 3.